The van der Waals surface area contributed by atoms with Gasteiger partial charge in [-0.2, -0.15) is 11.8 Å². The number of nitrogens with two attached hydrogens (primary N) is 1. The molecule has 0 radical (unpaired) electrons. The van der Waals surface area contributed by atoms with Crippen molar-refractivity contribution in [3.05, 3.63) is 65.1 Å². The number of piperazine rings is 1. The molecule has 8 nitrogen and oxygen atoms in total. The number of fused-ring (bicyclic) bond motifs is 2. The Balaban J connectivity index is 1.37. The normalized spacial score (nSPS) is 16.4. The quantitative estimate of drug-likeness (QED) is 0.415. The fourth-order valence-corrected chi connectivity index (χ4v) is 5.06. The van der Waals surface area contributed by atoms with Gasteiger partial charge >= 0.3 is 0 Å². The summed E-state index contributed by atoms with van der Waals surface area (Å²) in [6, 6.07) is 12.1. The predicted octanol–water partition coefficient (Wildman–Crippen LogP) is 4.22. The lowest BCUT2D eigenvalue weighted by atomic mass is 10.1. The molecule has 2 N–H and O–H groups in total. The first-order valence-electron chi connectivity index (χ1n) is 11.2. The number of furan rings is 1. The van der Waals surface area contributed by atoms with E-state index in [9.17, 15) is 9.59 Å². The molecule has 1 unspecified atom stereocenters. The number of anilines is 1. The third-order valence-electron chi connectivity index (χ3n) is 6.24. The van der Waals surface area contributed by atoms with Gasteiger partial charge in [-0.25, -0.2) is 9.97 Å². The van der Waals surface area contributed by atoms with Crippen LogP contribution in [-0.4, -0.2) is 62.7 Å². The molecule has 3 heterocycles. The molecule has 2 aromatic carbocycles. The number of nitrogen functional groups attached to an aromatic ring is 1. The molecule has 4 aromatic rings. The Morgan fingerprint density at radius 3 is 2.89 bits per heavy atom. The first-order valence-corrected chi connectivity index (χ1v) is 13.0. The topological polar surface area (TPSA) is 106 Å². The van der Waals surface area contributed by atoms with Gasteiger partial charge in [-0.15, -0.1) is 0 Å². The third kappa shape index (κ3) is 4.66. The van der Waals surface area contributed by atoms with Crippen LogP contribution in [0.3, 0.4) is 0 Å². The zero-order valence-corrected chi connectivity index (χ0v) is 20.7. The molecular formula is C25H24ClN5O3S. The summed E-state index contributed by atoms with van der Waals surface area (Å²) in [6.07, 6.45) is 3.99. The molecule has 0 spiro atoms. The Morgan fingerprint density at radius 2 is 2.06 bits per heavy atom. The molecular weight excluding hydrogens is 486 g/mol. The first-order chi connectivity index (χ1) is 16.9. The van der Waals surface area contributed by atoms with E-state index in [4.69, 9.17) is 21.8 Å². The average Bonchev–Trinajstić information content (AvgIpc) is 3.27. The number of nitrogens with zero attached hydrogens (tertiary/aromatic N) is 4. The highest BCUT2D eigenvalue weighted by atomic mass is 35.5. The smallest absolute Gasteiger partial charge is 0.290 e. The molecule has 1 fully saturated rings. The van der Waals surface area contributed by atoms with Crippen molar-refractivity contribution in [3.8, 4) is 0 Å². The second-order valence-corrected chi connectivity index (χ2v) is 9.88. The van der Waals surface area contributed by atoms with Crippen LogP contribution in [0.25, 0.3) is 21.9 Å². The Hall–Kier alpha value is -3.30. The van der Waals surface area contributed by atoms with Crippen LogP contribution < -0.4 is 5.73 Å². The summed E-state index contributed by atoms with van der Waals surface area (Å²) in [5.41, 5.74) is 8.16. The van der Waals surface area contributed by atoms with Crippen molar-refractivity contribution in [2.75, 3.05) is 30.8 Å². The van der Waals surface area contributed by atoms with Gasteiger partial charge in [0.2, 0.25) is 5.91 Å². The summed E-state index contributed by atoms with van der Waals surface area (Å²) >= 11 is 7.70. The number of carbonyl (C=O) groups is 2. The summed E-state index contributed by atoms with van der Waals surface area (Å²) < 4.78 is 5.80. The SMILES string of the molecule is CSCCC1C(=O)N(Cc2ccc3c(N)ncnc3c2)CCN1C(=O)c1cc2ccc(Cl)cc2o1. The molecule has 2 amide bonds. The van der Waals surface area contributed by atoms with Gasteiger partial charge in [0.15, 0.2) is 5.76 Å². The first kappa shape index (κ1) is 23.4. The highest BCUT2D eigenvalue weighted by molar-refractivity contribution is 7.98. The summed E-state index contributed by atoms with van der Waals surface area (Å²) in [4.78, 5) is 38.7. The van der Waals surface area contributed by atoms with Crippen molar-refractivity contribution in [1.82, 2.24) is 19.8 Å². The zero-order valence-electron chi connectivity index (χ0n) is 19.1. The number of aromatic nitrogens is 2. The van der Waals surface area contributed by atoms with Crippen molar-refractivity contribution in [1.29, 1.82) is 0 Å². The molecule has 180 valence electrons. The second kappa shape index (κ2) is 9.75. The number of rotatable bonds is 6. The molecule has 1 aliphatic rings. The van der Waals surface area contributed by atoms with E-state index >= 15 is 0 Å². The maximum atomic E-state index is 13.5. The van der Waals surface area contributed by atoms with E-state index in [2.05, 4.69) is 9.97 Å². The van der Waals surface area contributed by atoms with Gasteiger partial charge in [0, 0.05) is 41.5 Å². The minimum Gasteiger partial charge on any atom is -0.451 e. The molecule has 1 atom stereocenters. The number of amides is 2. The lowest BCUT2D eigenvalue weighted by Crippen LogP contribution is -2.58. The van der Waals surface area contributed by atoms with Gasteiger partial charge in [-0.3, -0.25) is 9.59 Å². The minimum absolute atomic E-state index is 0.0693. The second-order valence-electron chi connectivity index (χ2n) is 8.46. The van der Waals surface area contributed by atoms with Crippen LogP contribution in [0.2, 0.25) is 5.02 Å². The Kier molecular flexibility index (Phi) is 6.53. The largest absolute Gasteiger partial charge is 0.451 e. The van der Waals surface area contributed by atoms with Crippen LogP contribution >= 0.6 is 23.4 Å². The fourth-order valence-electron chi connectivity index (χ4n) is 4.44. The molecule has 0 saturated carbocycles. The highest BCUT2D eigenvalue weighted by Gasteiger charge is 2.38. The zero-order chi connectivity index (χ0) is 24.5. The third-order valence-corrected chi connectivity index (χ3v) is 7.12. The van der Waals surface area contributed by atoms with E-state index in [0.29, 0.717) is 42.5 Å². The molecule has 5 rings (SSSR count). The summed E-state index contributed by atoms with van der Waals surface area (Å²) in [6.45, 7) is 1.28. The van der Waals surface area contributed by atoms with E-state index in [1.165, 1.54) is 6.33 Å². The fraction of sp³-hybridized carbons (Fsp3) is 0.280. The van der Waals surface area contributed by atoms with Crippen LogP contribution in [0.4, 0.5) is 5.82 Å². The Labute approximate surface area is 211 Å². The highest BCUT2D eigenvalue weighted by Crippen LogP contribution is 2.27. The molecule has 35 heavy (non-hydrogen) atoms. The maximum Gasteiger partial charge on any atom is 0.290 e. The van der Waals surface area contributed by atoms with E-state index < -0.39 is 6.04 Å². The van der Waals surface area contributed by atoms with Gasteiger partial charge in [-0.1, -0.05) is 17.7 Å². The van der Waals surface area contributed by atoms with Crippen LogP contribution in [0, 0.1) is 0 Å². The van der Waals surface area contributed by atoms with Crippen LogP contribution in [0.1, 0.15) is 22.5 Å². The molecule has 1 saturated heterocycles. The van der Waals surface area contributed by atoms with Gasteiger partial charge in [-0.05, 0) is 54.3 Å². The number of benzene rings is 2. The molecule has 10 heteroatoms. The maximum absolute atomic E-state index is 13.5. The average molecular weight is 510 g/mol. The number of hydrogen-bond acceptors (Lipinski definition) is 7. The van der Waals surface area contributed by atoms with Gasteiger partial charge in [0.05, 0.1) is 5.52 Å². The van der Waals surface area contributed by atoms with Crippen LogP contribution in [-0.2, 0) is 11.3 Å². The Morgan fingerprint density at radius 1 is 1.20 bits per heavy atom. The summed E-state index contributed by atoms with van der Waals surface area (Å²) in [5.74, 6) is 1.05. The van der Waals surface area contributed by atoms with E-state index in [-0.39, 0.29) is 17.6 Å². The van der Waals surface area contributed by atoms with E-state index in [1.54, 1.807) is 39.8 Å². The predicted molar refractivity (Wildman–Crippen MR) is 138 cm³/mol. The van der Waals surface area contributed by atoms with Crippen molar-refractivity contribution in [2.45, 2.75) is 19.0 Å². The number of thioether (sulfide) groups is 1. The van der Waals surface area contributed by atoms with E-state index in [0.717, 1.165) is 27.6 Å². The summed E-state index contributed by atoms with van der Waals surface area (Å²) in [5, 5.41) is 2.11. The van der Waals surface area contributed by atoms with Crippen molar-refractivity contribution >= 4 is 62.9 Å². The van der Waals surface area contributed by atoms with Crippen molar-refractivity contribution in [3.63, 3.8) is 0 Å². The monoisotopic (exact) mass is 509 g/mol. The van der Waals surface area contributed by atoms with Gasteiger partial charge < -0.3 is 20.0 Å². The van der Waals surface area contributed by atoms with Gasteiger partial charge in [0.1, 0.15) is 23.8 Å². The number of halogens is 1. The van der Waals surface area contributed by atoms with E-state index in [1.807, 2.05) is 30.5 Å². The standard InChI is InChI=1S/C25H24ClN5O3S/c1-35-9-6-20-24(32)30(13-15-2-5-18-19(10-15)28-14-29-23(18)27)7-8-31(20)25(33)22-11-16-3-4-17(26)12-21(16)34-22/h2-5,10-12,14,20H,6-9,13H2,1H3,(H2,27,28,29). The van der Waals surface area contributed by atoms with Crippen LogP contribution in [0.5, 0.6) is 0 Å². The lowest BCUT2D eigenvalue weighted by molar-refractivity contribution is -0.141. The minimum atomic E-state index is -0.557. The molecule has 2 aromatic heterocycles. The number of hydrogen-bond donors (Lipinski definition) is 1. The van der Waals surface area contributed by atoms with Crippen molar-refractivity contribution in [2.24, 2.45) is 0 Å². The molecule has 0 aliphatic carbocycles. The molecule has 1 aliphatic heterocycles. The van der Waals surface area contributed by atoms with Gasteiger partial charge in [0.25, 0.3) is 5.91 Å². The lowest BCUT2D eigenvalue weighted by Gasteiger charge is -2.40. The summed E-state index contributed by atoms with van der Waals surface area (Å²) in [7, 11) is 0. The van der Waals surface area contributed by atoms with Crippen molar-refractivity contribution < 1.29 is 14.0 Å². The van der Waals surface area contributed by atoms with Crippen LogP contribution in [0.15, 0.2) is 53.2 Å². The Bertz CT molecular complexity index is 1430. The molecule has 0 bridgehead atoms. The number of carbonyl (C=O) groups excluding carboxylic acids is 2.